The third-order valence-corrected chi connectivity index (χ3v) is 6.07. The van der Waals surface area contributed by atoms with E-state index in [9.17, 15) is 9.59 Å². The Hall–Kier alpha value is -2.40. The zero-order valence-electron chi connectivity index (χ0n) is 14.2. The number of rotatable bonds is 3. The van der Waals surface area contributed by atoms with Gasteiger partial charge in [0, 0.05) is 30.1 Å². The molecule has 3 aromatic rings. The van der Waals surface area contributed by atoms with Gasteiger partial charge in [0.1, 0.15) is 5.56 Å². The van der Waals surface area contributed by atoms with Crippen LogP contribution in [0.15, 0.2) is 40.6 Å². The molecule has 0 saturated heterocycles. The summed E-state index contributed by atoms with van der Waals surface area (Å²) in [6.07, 6.45) is 6.35. The number of nitrogens with zero attached hydrogens (tertiary/aromatic N) is 1. The molecule has 2 aromatic heterocycles. The normalized spacial score (nSPS) is 13.6. The number of carbonyl (C=O) groups excluding carboxylic acids is 1. The molecule has 2 heterocycles. The predicted molar refractivity (Wildman–Crippen MR) is 101 cm³/mol. The lowest BCUT2D eigenvalue weighted by Crippen LogP contribution is -2.29. The van der Waals surface area contributed by atoms with E-state index in [1.807, 2.05) is 29.8 Å². The second-order valence-electron chi connectivity index (χ2n) is 6.55. The average Bonchev–Trinajstić information content (AvgIpc) is 3.06. The number of para-hydroxylation sites is 1. The molecule has 1 aromatic carbocycles. The van der Waals surface area contributed by atoms with Crippen molar-refractivity contribution >= 4 is 28.1 Å². The van der Waals surface area contributed by atoms with Crippen LogP contribution in [-0.2, 0) is 26.4 Å². The van der Waals surface area contributed by atoms with Crippen molar-refractivity contribution in [1.29, 1.82) is 0 Å². The molecular formula is C20H20N2O2S. The molecule has 0 unspecified atom stereocenters. The van der Waals surface area contributed by atoms with Crippen LogP contribution in [-0.4, -0.2) is 10.5 Å². The molecular weight excluding hydrogens is 332 g/mol. The summed E-state index contributed by atoms with van der Waals surface area (Å²) in [5, 5.41) is 5.66. The first-order valence-electron chi connectivity index (χ1n) is 8.60. The van der Waals surface area contributed by atoms with Gasteiger partial charge in [-0.3, -0.25) is 9.59 Å². The summed E-state index contributed by atoms with van der Waals surface area (Å²) in [7, 11) is 1.85. The van der Waals surface area contributed by atoms with Crippen molar-refractivity contribution in [3.63, 3.8) is 0 Å². The van der Waals surface area contributed by atoms with Gasteiger partial charge in [-0.1, -0.05) is 12.1 Å². The summed E-state index contributed by atoms with van der Waals surface area (Å²) in [6, 6.07) is 7.37. The second kappa shape index (κ2) is 6.48. The van der Waals surface area contributed by atoms with Gasteiger partial charge in [-0.2, -0.15) is 0 Å². The molecule has 0 fully saturated rings. The molecule has 1 aliphatic rings. The Morgan fingerprint density at radius 1 is 1.24 bits per heavy atom. The van der Waals surface area contributed by atoms with Crippen LogP contribution in [0.25, 0.3) is 10.9 Å². The fourth-order valence-corrected chi connectivity index (χ4v) is 4.73. The number of hydrogen-bond donors (Lipinski definition) is 1. The van der Waals surface area contributed by atoms with Gasteiger partial charge in [-0.25, -0.2) is 0 Å². The van der Waals surface area contributed by atoms with Crippen molar-refractivity contribution < 1.29 is 4.79 Å². The van der Waals surface area contributed by atoms with E-state index in [0.29, 0.717) is 11.9 Å². The highest BCUT2D eigenvalue weighted by molar-refractivity contribution is 7.10. The fraction of sp³-hybridized carbons (Fsp3) is 0.300. The number of benzene rings is 1. The van der Waals surface area contributed by atoms with Crippen molar-refractivity contribution in [2.75, 3.05) is 0 Å². The SMILES string of the molecule is Cn1cc(C(=O)NCc2csc3c2CCCC3)c(=O)c2ccccc21. The molecule has 1 N–H and O–H groups in total. The first-order chi connectivity index (χ1) is 12.1. The number of pyridine rings is 1. The maximum Gasteiger partial charge on any atom is 0.257 e. The summed E-state index contributed by atoms with van der Waals surface area (Å²) < 4.78 is 1.83. The molecule has 0 spiro atoms. The molecule has 5 heteroatoms. The third kappa shape index (κ3) is 2.89. The third-order valence-electron chi connectivity index (χ3n) is 4.93. The molecule has 0 bridgehead atoms. The summed E-state index contributed by atoms with van der Waals surface area (Å²) in [5.74, 6) is -0.304. The molecule has 4 rings (SSSR count). The standard InChI is InChI=1S/C20H20N2O2S/c1-22-11-16(19(23)15-7-2-4-8-17(15)22)20(24)21-10-13-12-25-18-9-5-3-6-14(13)18/h2,4,7-8,11-12H,3,5-6,9-10H2,1H3,(H,21,24). The van der Waals surface area contributed by atoms with Gasteiger partial charge in [-0.05, 0) is 54.3 Å². The van der Waals surface area contributed by atoms with Crippen LogP contribution in [0.4, 0.5) is 0 Å². The summed E-state index contributed by atoms with van der Waals surface area (Å²) >= 11 is 1.79. The lowest BCUT2D eigenvalue weighted by atomic mass is 9.96. The number of aromatic nitrogens is 1. The van der Waals surface area contributed by atoms with E-state index >= 15 is 0 Å². The Kier molecular flexibility index (Phi) is 4.17. The average molecular weight is 352 g/mol. The Morgan fingerprint density at radius 3 is 2.92 bits per heavy atom. The minimum atomic E-state index is -0.304. The topological polar surface area (TPSA) is 51.1 Å². The minimum absolute atomic E-state index is 0.199. The second-order valence-corrected chi connectivity index (χ2v) is 7.52. The van der Waals surface area contributed by atoms with Crippen molar-refractivity contribution in [2.24, 2.45) is 7.05 Å². The summed E-state index contributed by atoms with van der Waals surface area (Å²) in [6.45, 7) is 0.487. The highest BCUT2D eigenvalue weighted by Crippen LogP contribution is 2.30. The van der Waals surface area contributed by atoms with Crippen LogP contribution < -0.4 is 10.7 Å². The quantitative estimate of drug-likeness (QED) is 0.785. The molecule has 1 amide bonds. The molecule has 4 nitrogen and oxygen atoms in total. The fourth-order valence-electron chi connectivity index (χ4n) is 3.58. The maximum atomic E-state index is 12.6. The summed E-state index contributed by atoms with van der Waals surface area (Å²) in [5.41, 5.74) is 3.42. The first-order valence-corrected chi connectivity index (χ1v) is 9.48. The van der Waals surface area contributed by atoms with E-state index in [1.165, 1.54) is 28.8 Å². The monoisotopic (exact) mass is 352 g/mol. The van der Waals surface area contributed by atoms with E-state index < -0.39 is 0 Å². The first kappa shape index (κ1) is 16.1. The van der Waals surface area contributed by atoms with E-state index in [-0.39, 0.29) is 16.9 Å². The van der Waals surface area contributed by atoms with Gasteiger partial charge in [0.2, 0.25) is 5.43 Å². The minimum Gasteiger partial charge on any atom is -0.350 e. The number of aryl methyl sites for hydroxylation is 2. The van der Waals surface area contributed by atoms with E-state index in [0.717, 1.165) is 18.4 Å². The van der Waals surface area contributed by atoms with Gasteiger partial charge in [0.25, 0.3) is 5.91 Å². The van der Waals surface area contributed by atoms with Gasteiger partial charge >= 0.3 is 0 Å². The Balaban J connectivity index is 1.60. The molecule has 0 aliphatic heterocycles. The molecule has 0 radical (unpaired) electrons. The highest BCUT2D eigenvalue weighted by Gasteiger charge is 2.18. The van der Waals surface area contributed by atoms with Gasteiger partial charge in [0.05, 0.1) is 5.52 Å². The zero-order valence-corrected chi connectivity index (χ0v) is 15.0. The maximum absolute atomic E-state index is 12.6. The Morgan fingerprint density at radius 2 is 2.04 bits per heavy atom. The molecule has 1 aliphatic carbocycles. The van der Waals surface area contributed by atoms with Crippen LogP contribution in [0.3, 0.4) is 0 Å². The lowest BCUT2D eigenvalue weighted by Gasteiger charge is -2.13. The van der Waals surface area contributed by atoms with E-state index in [1.54, 1.807) is 23.6 Å². The Labute approximate surface area is 150 Å². The van der Waals surface area contributed by atoms with E-state index in [4.69, 9.17) is 0 Å². The van der Waals surface area contributed by atoms with Gasteiger partial charge in [-0.15, -0.1) is 11.3 Å². The predicted octanol–water partition coefficient (Wildman–Crippen LogP) is 3.41. The number of amides is 1. The van der Waals surface area contributed by atoms with Crippen LogP contribution in [0.5, 0.6) is 0 Å². The van der Waals surface area contributed by atoms with Crippen molar-refractivity contribution in [1.82, 2.24) is 9.88 Å². The molecule has 0 saturated carbocycles. The molecule has 128 valence electrons. The van der Waals surface area contributed by atoms with Crippen molar-refractivity contribution in [2.45, 2.75) is 32.2 Å². The van der Waals surface area contributed by atoms with Crippen LogP contribution >= 0.6 is 11.3 Å². The largest absolute Gasteiger partial charge is 0.350 e. The number of thiophene rings is 1. The molecule has 25 heavy (non-hydrogen) atoms. The highest BCUT2D eigenvalue weighted by atomic mass is 32.1. The lowest BCUT2D eigenvalue weighted by molar-refractivity contribution is 0.0949. The number of nitrogens with one attached hydrogen (secondary N) is 1. The number of carbonyl (C=O) groups is 1. The van der Waals surface area contributed by atoms with Crippen LogP contribution in [0.1, 0.15) is 39.2 Å². The molecule has 0 atom stereocenters. The van der Waals surface area contributed by atoms with Crippen LogP contribution in [0, 0.1) is 0 Å². The number of hydrogen-bond acceptors (Lipinski definition) is 3. The van der Waals surface area contributed by atoms with Gasteiger partial charge < -0.3 is 9.88 Å². The Bertz CT molecular complexity index is 1020. The smallest absolute Gasteiger partial charge is 0.257 e. The van der Waals surface area contributed by atoms with Crippen LogP contribution in [0.2, 0.25) is 0 Å². The number of fused-ring (bicyclic) bond motifs is 2. The van der Waals surface area contributed by atoms with Crippen molar-refractivity contribution in [3.05, 3.63) is 67.6 Å². The van der Waals surface area contributed by atoms with Gasteiger partial charge in [0.15, 0.2) is 0 Å². The summed E-state index contributed by atoms with van der Waals surface area (Å²) in [4.78, 5) is 26.7. The zero-order chi connectivity index (χ0) is 17.4. The van der Waals surface area contributed by atoms with E-state index in [2.05, 4.69) is 10.7 Å². The van der Waals surface area contributed by atoms with Crippen molar-refractivity contribution in [3.8, 4) is 0 Å².